The number of esters is 1. The Hall–Kier alpha value is -2.08. The molecule has 4 saturated carbocycles. The molecule has 28 heavy (non-hydrogen) atoms. The minimum atomic E-state index is -0.887. The first-order chi connectivity index (χ1) is 13.3. The van der Waals surface area contributed by atoms with Gasteiger partial charge in [-0.05, 0) is 88.5 Å². The zero-order valence-corrected chi connectivity index (χ0v) is 16.6. The molecule has 0 spiro atoms. The van der Waals surface area contributed by atoms with E-state index in [1.807, 2.05) is 6.92 Å². The van der Waals surface area contributed by atoms with Crippen molar-refractivity contribution in [3.05, 3.63) is 24.3 Å². The third kappa shape index (κ3) is 3.62. The Morgan fingerprint density at radius 1 is 1.18 bits per heavy atom. The number of hydrogen-bond acceptors (Lipinski definition) is 5. The van der Waals surface area contributed by atoms with Gasteiger partial charge in [-0.25, -0.2) is 0 Å². The summed E-state index contributed by atoms with van der Waals surface area (Å²) in [7, 11) is 0. The Morgan fingerprint density at radius 3 is 2.39 bits per heavy atom. The van der Waals surface area contributed by atoms with Crippen LogP contribution in [0.4, 0.5) is 5.69 Å². The van der Waals surface area contributed by atoms with Gasteiger partial charge >= 0.3 is 5.97 Å². The number of benzene rings is 1. The fraction of sp³-hybridized carbons (Fsp3) is 0.636. The minimum Gasteiger partial charge on any atom is -0.494 e. The molecule has 4 fully saturated rings. The lowest BCUT2D eigenvalue weighted by molar-refractivity contribution is -0.199. The van der Waals surface area contributed by atoms with Crippen LogP contribution in [0.5, 0.6) is 5.75 Å². The number of ether oxygens (including phenoxy) is 2. The van der Waals surface area contributed by atoms with Crippen LogP contribution in [0.2, 0.25) is 0 Å². The van der Waals surface area contributed by atoms with Crippen molar-refractivity contribution in [1.82, 2.24) is 0 Å². The van der Waals surface area contributed by atoms with Gasteiger partial charge in [0, 0.05) is 5.69 Å². The standard InChI is InChI=1S/C22H29NO5/c1-3-27-18-6-4-17(5-7-18)23-19(24)14(2)28-20(25)21-9-15-8-16(10-21)12-22(26,11-15)13-21/h4-7,14-16,26H,3,8-13H2,1-2H3,(H,23,24)/t14-,15-,16+,21?,22?/m0/s1. The molecule has 4 bridgehead atoms. The van der Waals surface area contributed by atoms with Gasteiger partial charge < -0.3 is 19.9 Å². The number of amides is 1. The molecule has 1 aromatic carbocycles. The molecule has 152 valence electrons. The fourth-order valence-corrected chi connectivity index (χ4v) is 5.84. The summed E-state index contributed by atoms with van der Waals surface area (Å²) in [4.78, 5) is 25.5. The van der Waals surface area contributed by atoms with Crippen molar-refractivity contribution < 1.29 is 24.2 Å². The van der Waals surface area contributed by atoms with E-state index in [9.17, 15) is 14.7 Å². The molecule has 2 unspecified atom stereocenters. The Bertz CT molecular complexity index is 745. The highest BCUT2D eigenvalue weighted by atomic mass is 16.5. The molecule has 1 amide bonds. The largest absolute Gasteiger partial charge is 0.494 e. The van der Waals surface area contributed by atoms with E-state index in [1.54, 1.807) is 31.2 Å². The topological polar surface area (TPSA) is 84.9 Å². The molecule has 5 rings (SSSR count). The summed E-state index contributed by atoms with van der Waals surface area (Å²) in [6.07, 6.45) is 3.83. The number of aliphatic hydroxyl groups is 1. The van der Waals surface area contributed by atoms with Gasteiger partial charge in [-0.2, -0.15) is 0 Å². The molecule has 6 nitrogen and oxygen atoms in total. The summed E-state index contributed by atoms with van der Waals surface area (Å²) < 4.78 is 11.0. The van der Waals surface area contributed by atoms with Gasteiger partial charge in [0.1, 0.15) is 5.75 Å². The van der Waals surface area contributed by atoms with Gasteiger partial charge in [0.2, 0.25) is 0 Å². The van der Waals surface area contributed by atoms with Crippen LogP contribution in [-0.4, -0.2) is 35.3 Å². The summed E-state index contributed by atoms with van der Waals surface area (Å²) in [5.74, 6) is 0.841. The second kappa shape index (κ2) is 7.07. The van der Waals surface area contributed by atoms with E-state index in [1.165, 1.54) is 0 Å². The van der Waals surface area contributed by atoms with E-state index in [2.05, 4.69) is 5.32 Å². The Labute approximate surface area is 165 Å². The summed E-state index contributed by atoms with van der Waals surface area (Å²) >= 11 is 0. The van der Waals surface area contributed by atoms with Crippen LogP contribution in [0, 0.1) is 17.3 Å². The van der Waals surface area contributed by atoms with Crippen molar-refractivity contribution in [2.24, 2.45) is 17.3 Å². The van der Waals surface area contributed by atoms with Crippen LogP contribution in [0.3, 0.4) is 0 Å². The molecule has 0 heterocycles. The lowest BCUT2D eigenvalue weighted by Crippen LogP contribution is -2.59. The zero-order valence-electron chi connectivity index (χ0n) is 16.6. The zero-order chi connectivity index (χ0) is 19.9. The quantitative estimate of drug-likeness (QED) is 0.732. The van der Waals surface area contributed by atoms with E-state index < -0.39 is 17.1 Å². The second-order valence-electron chi connectivity index (χ2n) is 8.96. The van der Waals surface area contributed by atoms with Crippen LogP contribution in [-0.2, 0) is 14.3 Å². The van der Waals surface area contributed by atoms with Crippen LogP contribution in [0.25, 0.3) is 0 Å². The summed E-state index contributed by atoms with van der Waals surface area (Å²) in [6, 6.07) is 7.08. The number of anilines is 1. The van der Waals surface area contributed by atoms with Gasteiger partial charge in [0.05, 0.1) is 17.6 Å². The first-order valence-corrected chi connectivity index (χ1v) is 10.3. The van der Waals surface area contributed by atoms with Crippen molar-refractivity contribution in [3.63, 3.8) is 0 Å². The monoisotopic (exact) mass is 387 g/mol. The van der Waals surface area contributed by atoms with Gasteiger partial charge in [0.25, 0.3) is 5.91 Å². The van der Waals surface area contributed by atoms with Crippen molar-refractivity contribution in [3.8, 4) is 5.75 Å². The third-order valence-electron chi connectivity index (χ3n) is 6.55. The molecule has 0 saturated heterocycles. The van der Waals surface area contributed by atoms with E-state index >= 15 is 0 Å². The molecule has 2 N–H and O–H groups in total. The molecule has 6 heteroatoms. The maximum Gasteiger partial charge on any atom is 0.312 e. The molecule has 0 radical (unpaired) electrons. The number of carbonyl (C=O) groups excluding carboxylic acids is 2. The van der Waals surface area contributed by atoms with Gasteiger partial charge in [-0.1, -0.05) is 0 Å². The average molecular weight is 387 g/mol. The maximum atomic E-state index is 13.0. The number of carbonyl (C=O) groups is 2. The van der Waals surface area contributed by atoms with E-state index in [4.69, 9.17) is 9.47 Å². The van der Waals surface area contributed by atoms with Gasteiger partial charge in [-0.3, -0.25) is 9.59 Å². The second-order valence-corrected chi connectivity index (χ2v) is 8.96. The molecule has 4 aliphatic carbocycles. The first kappa shape index (κ1) is 19.2. The first-order valence-electron chi connectivity index (χ1n) is 10.3. The molecule has 0 aromatic heterocycles. The number of rotatable bonds is 6. The molecular weight excluding hydrogens is 358 g/mol. The van der Waals surface area contributed by atoms with Crippen LogP contribution < -0.4 is 10.1 Å². The van der Waals surface area contributed by atoms with Crippen LogP contribution in [0.1, 0.15) is 52.4 Å². The highest BCUT2D eigenvalue weighted by Gasteiger charge is 2.61. The Kier molecular flexibility index (Phi) is 4.86. The molecule has 5 atom stereocenters. The Morgan fingerprint density at radius 2 is 1.82 bits per heavy atom. The summed E-state index contributed by atoms with van der Waals surface area (Å²) in [5.41, 5.74) is -0.718. The van der Waals surface area contributed by atoms with Crippen molar-refractivity contribution in [2.75, 3.05) is 11.9 Å². The van der Waals surface area contributed by atoms with Crippen molar-refractivity contribution >= 4 is 17.6 Å². The fourth-order valence-electron chi connectivity index (χ4n) is 5.84. The molecule has 4 aliphatic rings. The van der Waals surface area contributed by atoms with Gasteiger partial charge in [-0.15, -0.1) is 0 Å². The van der Waals surface area contributed by atoms with Crippen LogP contribution >= 0.6 is 0 Å². The highest BCUT2D eigenvalue weighted by Crippen LogP contribution is 2.62. The molecule has 1 aromatic rings. The SMILES string of the molecule is CCOc1ccc(NC(=O)[C@H](C)OC(=O)C23C[C@@H]4C[C@@H](CC(O)(C4)C2)C3)cc1. The average Bonchev–Trinajstić information content (AvgIpc) is 2.61. The lowest BCUT2D eigenvalue weighted by Gasteiger charge is -2.58. The summed E-state index contributed by atoms with van der Waals surface area (Å²) in [6.45, 7) is 4.09. The predicted octanol–water partition coefficient (Wildman–Crippen LogP) is 3.29. The Balaban J connectivity index is 1.37. The third-order valence-corrected chi connectivity index (χ3v) is 6.55. The molecule has 0 aliphatic heterocycles. The predicted molar refractivity (Wildman–Crippen MR) is 104 cm³/mol. The van der Waals surface area contributed by atoms with E-state index in [0.717, 1.165) is 37.9 Å². The lowest BCUT2D eigenvalue weighted by atomic mass is 9.48. The maximum absolute atomic E-state index is 13.0. The minimum absolute atomic E-state index is 0.325. The number of hydrogen-bond donors (Lipinski definition) is 2. The van der Waals surface area contributed by atoms with Crippen LogP contribution in [0.15, 0.2) is 24.3 Å². The van der Waals surface area contributed by atoms with Crippen molar-refractivity contribution in [2.45, 2.75) is 64.1 Å². The smallest absolute Gasteiger partial charge is 0.312 e. The van der Waals surface area contributed by atoms with E-state index in [0.29, 0.717) is 30.6 Å². The summed E-state index contributed by atoms with van der Waals surface area (Å²) in [5, 5.41) is 13.6. The molecular formula is C22H29NO5. The number of nitrogens with one attached hydrogen (secondary N) is 1. The normalized spacial score (nSPS) is 34.0. The highest BCUT2D eigenvalue weighted by molar-refractivity contribution is 5.95. The van der Waals surface area contributed by atoms with Crippen molar-refractivity contribution in [1.29, 1.82) is 0 Å². The van der Waals surface area contributed by atoms with Gasteiger partial charge in [0.15, 0.2) is 6.10 Å². The van der Waals surface area contributed by atoms with E-state index in [-0.39, 0.29) is 11.9 Å².